The maximum atomic E-state index is 13.1. The first kappa shape index (κ1) is 25.9. The minimum Gasteiger partial charge on any atom is -0.493 e. The molecular weight excluding hydrogens is 468 g/mol. The van der Waals surface area contributed by atoms with Crippen molar-refractivity contribution in [3.63, 3.8) is 0 Å². The number of hydrogen-bond donors (Lipinski definition) is 1. The van der Waals surface area contributed by atoms with Crippen LogP contribution in [-0.2, 0) is 6.42 Å². The lowest BCUT2D eigenvalue weighted by Crippen LogP contribution is -2.19. The van der Waals surface area contributed by atoms with Gasteiger partial charge in [0.05, 0.1) is 7.11 Å². The Hall–Kier alpha value is -4.17. The molecule has 0 aliphatic heterocycles. The van der Waals surface area contributed by atoms with Gasteiger partial charge < -0.3 is 24.2 Å². The highest BCUT2D eigenvalue weighted by Crippen LogP contribution is 2.31. The molecule has 8 nitrogen and oxygen atoms in total. The third-order valence-corrected chi connectivity index (χ3v) is 5.95. The van der Waals surface area contributed by atoms with Crippen molar-refractivity contribution >= 4 is 11.6 Å². The van der Waals surface area contributed by atoms with Crippen molar-refractivity contribution in [2.45, 2.75) is 20.3 Å². The monoisotopic (exact) mass is 500 g/mol. The summed E-state index contributed by atoms with van der Waals surface area (Å²) in [7, 11) is 5.57. The number of hydrogen-bond acceptors (Lipinski definition) is 7. The normalized spacial score (nSPS) is 11.0. The molecule has 37 heavy (non-hydrogen) atoms. The van der Waals surface area contributed by atoms with Gasteiger partial charge in [0.2, 0.25) is 11.7 Å². The van der Waals surface area contributed by atoms with Gasteiger partial charge in [-0.2, -0.15) is 4.98 Å². The van der Waals surface area contributed by atoms with E-state index in [0.717, 1.165) is 35.2 Å². The second-order valence-electron chi connectivity index (χ2n) is 8.91. The molecule has 0 saturated carbocycles. The fourth-order valence-corrected chi connectivity index (χ4v) is 3.93. The number of rotatable bonds is 10. The van der Waals surface area contributed by atoms with E-state index in [1.807, 2.05) is 61.5 Å². The average molecular weight is 501 g/mol. The van der Waals surface area contributed by atoms with Crippen LogP contribution >= 0.6 is 0 Å². The van der Waals surface area contributed by atoms with Crippen LogP contribution in [0.4, 0.5) is 5.69 Å². The van der Waals surface area contributed by atoms with Gasteiger partial charge in [0.15, 0.2) is 11.5 Å². The van der Waals surface area contributed by atoms with E-state index in [1.54, 1.807) is 32.2 Å². The highest BCUT2D eigenvalue weighted by atomic mass is 16.5. The maximum absolute atomic E-state index is 13.1. The predicted octanol–water partition coefficient (Wildman–Crippen LogP) is 5.48. The van der Waals surface area contributed by atoms with Crippen LogP contribution in [0.15, 0.2) is 65.2 Å². The number of ether oxygens (including phenoxy) is 2. The Kier molecular flexibility index (Phi) is 8.20. The molecule has 1 amide bonds. The van der Waals surface area contributed by atoms with Gasteiger partial charge in [-0.15, -0.1) is 0 Å². The quantitative estimate of drug-likeness (QED) is 0.309. The minimum absolute atomic E-state index is 0.187. The summed E-state index contributed by atoms with van der Waals surface area (Å²) < 4.78 is 16.4. The number of aryl methyl sites for hydroxylation is 2. The van der Waals surface area contributed by atoms with Crippen LogP contribution in [-0.4, -0.2) is 55.3 Å². The Morgan fingerprint density at radius 3 is 2.41 bits per heavy atom. The SMILES string of the molecule is CCc1cc(C(=O)Nc2ccc(OC)c(OCCN(C)C)c2)ccc1-c1ccc(-c2noc(C)n2)cc1. The number of aromatic nitrogens is 2. The summed E-state index contributed by atoms with van der Waals surface area (Å²) in [6, 6.07) is 19.2. The Bertz CT molecular complexity index is 1360. The lowest BCUT2D eigenvalue weighted by atomic mass is 9.95. The van der Waals surface area contributed by atoms with Gasteiger partial charge in [-0.1, -0.05) is 42.4 Å². The molecule has 4 rings (SSSR count). The number of anilines is 1. The Labute approximate surface area is 217 Å². The van der Waals surface area contributed by atoms with Crippen molar-refractivity contribution < 1.29 is 18.8 Å². The van der Waals surface area contributed by atoms with Crippen molar-refractivity contribution in [3.8, 4) is 34.0 Å². The zero-order valence-corrected chi connectivity index (χ0v) is 21.9. The minimum atomic E-state index is -0.187. The number of carbonyl (C=O) groups is 1. The predicted molar refractivity (Wildman–Crippen MR) is 144 cm³/mol. The molecule has 0 atom stereocenters. The molecular formula is C29H32N4O4. The van der Waals surface area contributed by atoms with E-state index in [9.17, 15) is 4.79 Å². The molecule has 1 N–H and O–H groups in total. The molecule has 4 aromatic rings. The molecule has 0 bridgehead atoms. The third kappa shape index (κ3) is 6.34. The highest BCUT2D eigenvalue weighted by molar-refractivity contribution is 6.05. The zero-order valence-electron chi connectivity index (χ0n) is 21.9. The fourth-order valence-electron chi connectivity index (χ4n) is 3.93. The highest BCUT2D eigenvalue weighted by Gasteiger charge is 2.14. The van der Waals surface area contributed by atoms with Crippen molar-refractivity contribution in [1.29, 1.82) is 0 Å². The topological polar surface area (TPSA) is 89.7 Å². The molecule has 3 aromatic carbocycles. The third-order valence-electron chi connectivity index (χ3n) is 5.95. The molecule has 0 spiro atoms. The van der Waals surface area contributed by atoms with Crippen LogP contribution in [0.2, 0.25) is 0 Å². The van der Waals surface area contributed by atoms with Crippen molar-refractivity contribution in [2.24, 2.45) is 0 Å². The Balaban J connectivity index is 1.50. The molecule has 0 fully saturated rings. The largest absolute Gasteiger partial charge is 0.493 e. The molecule has 1 aromatic heterocycles. The standard InChI is InChI=1S/C29H32N4O4/c1-6-20-17-23(11-13-25(20)21-7-9-22(10-8-21)28-30-19(2)37-32-28)29(34)31-24-12-14-26(35-5)27(18-24)36-16-15-33(3)4/h7-14,17-18H,6,15-16H2,1-5H3,(H,31,34). The zero-order chi connectivity index (χ0) is 26.4. The van der Waals surface area contributed by atoms with Crippen LogP contribution < -0.4 is 14.8 Å². The number of amides is 1. The molecule has 0 aliphatic rings. The van der Waals surface area contributed by atoms with Crippen LogP contribution in [0.3, 0.4) is 0 Å². The smallest absolute Gasteiger partial charge is 0.255 e. The number of methoxy groups -OCH3 is 1. The van der Waals surface area contributed by atoms with E-state index < -0.39 is 0 Å². The van der Waals surface area contributed by atoms with Gasteiger partial charge in [0.1, 0.15) is 6.61 Å². The first-order chi connectivity index (χ1) is 17.9. The Morgan fingerprint density at radius 1 is 1.00 bits per heavy atom. The number of benzene rings is 3. The van der Waals surface area contributed by atoms with Gasteiger partial charge in [-0.25, -0.2) is 0 Å². The van der Waals surface area contributed by atoms with Crippen LogP contribution in [0, 0.1) is 6.92 Å². The average Bonchev–Trinajstić information content (AvgIpc) is 3.34. The number of nitrogens with one attached hydrogen (secondary N) is 1. The molecule has 0 unspecified atom stereocenters. The second-order valence-corrected chi connectivity index (χ2v) is 8.91. The van der Waals surface area contributed by atoms with Gasteiger partial charge in [-0.3, -0.25) is 4.79 Å². The van der Waals surface area contributed by atoms with Crippen molar-refractivity contribution in [3.05, 3.63) is 77.7 Å². The molecule has 1 heterocycles. The summed E-state index contributed by atoms with van der Waals surface area (Å²) in [5.41, 5.74) is 5.33. The second kappa shape index (κ2) is 11.7. The van der Waals surface area contributed by atoms with Gasteiger partial charge in [0, 0.05) is 36.3 Å². The number of nitrogens with zero attached hydrogens (tertiary/aromatic N) is 3. The van der Waals surface area contributed by atoms with E-state index in [1.165, 1.54) is 0 Å². The molecule has 8 heteroatoms. The summed E-state index contributed by atoms with van der Waals surface area (Å²) in [6.07, 6.45) is 0.786. The summed E-state index contributed by atoms with van der Waals surface area (Å²) in [6.45, 7) is 5.13. The lowest BCUT2D eigenvalue weighted by molar-refractivity contribution is 0.102. The van der Waals surface area contributed by atoms with Gasteiger partial charge in [-0.05, 0) is 61.5 Å². The van der Waals surface area contributed by atoms with Crippen LogP contribution in [0.1, 0.15) is 28.7 Å². The number of carbonyl (C=O) groups excluding carboxylic acids is 1. The van der Waals surface area contributed by atoms with Crippen molar-refractivity contribution in [1.82, 2.24) is 15.0 Å². The Morgan fingerprint density at radius 2 is 1.76 bits per heavy atom. The fraction of sp³-hybridized carbons (Fsp3) is 0.276. The van der Waals surface area contributed by atoms with E-state index >= 15 is 0 Å². The lowest BCUT2D eigenvalue weighted by Gasteiger charge is -2.15. The summed E-state index contributed by atoms with van der Waals surface area (Å²) in [5, 5.41) is 6.96. The molecule has 0 saturated heterocycles. The van der Waals surface area contributed by atoms with Gasteiger partial charge >= 0.3 is 0 Å². The molecule has 0 radical (unpaired) electrons. The summed E-state index contributed by atoms with van der Waals surface area (Å²) in [4.78, 5) is 19.4. The molecule has 0 aliphatic carbocycles. The first-order valence-corrected chi connectivity index (χ1v) is 12.2. The maximum Gasteiger partial charge on any atom is 0.255 e. The summed E-state index contributed by atoms with van der Waals surface area (Å²) in [5.74, 6) is 2.12. The van der Waals surface area contributed by atoms with Gasteiger partial charge in [0.25, 0.3) is 5.91 Å². The van der Waals surface area contributed by atoms with E-state index in [-0.39, 0.29) is 5.91 Å². The van der Waals surface area contributed by atoms with Crippen LogP contribution in [0.25, 0.3) is 22.5 Å². The van der Waals surface area contributed by atoms with E-state index in [4.69, 9.17) is 14.0 Å². The van der Waals surface area contributed by atoms with E-state index in [2.05, 4.69) is 22.4 Å². The van der Waals surface area contributed by atoms with Crippen LogP contribution in [0.5, 0.6) is 11.5 Å². The van der Waals surface area contributed by atoms with E-state index in [0.29, 0.717) is 41.1 Å². The summed E-state index contributed by atoms with van der Waals surface area (Å²) >= 11 is 0. The number of likely N-dealkylation sites (N-methyl/N-ethyl adjacent to an activating group) is 1. The van der Waals surface area contributed by atoms with Crippen molar-refractivity contribution in [2.75, 3.05) is 39.7 Å². The molecule has 192 valence electrons. The first-order valence-electron chi connectivity index (χ1n) is 12.2.